The van der Waals surface area contributed by atoms with Crippen LogP contribution in [0, 0.1) is 5.41 Å². The molecule has 3 nitrogen and oxygen atoms in total. The van der Waals surface area contributed by atoms with Crippen LogP contribution in [0.3, 0.4) is 0 Å². The van der Waals surface area contributed by atoms with E-state index in [0.717, 1.165) is 6.42 Å². The van der Waals surface area contributed by atoms with Gasteiger partial charge >= 0.3 is 0 Å². The van der Waals surface area contributed by atoms with Gasteiger partial charge in [0, 0.05) is 24.9 Å². The maximum atomic E-state index is 12.4. The Morgan fingerprint density at radius 2 is 1.90 bits per heavy atom. The van der Waals surface area contributed by atoms with Crippen LogP contribution < -0.4 is 0 Å². The van der Waals surface area contributed by atoms with Crippen LogP contribution in [0.5, 0.6) is 0 Å². The van der Waals surface area contributed by atoms with Gasteiger partial charge in [-0.1, -0.05) is 51.1 Å². The second kappa shape index (κ2) is 5.96. The zero-order chi connectivity index (χ0) is 14.8. The summed E-state index contributed by atoms with van der Waals surface area (Å²) in [4.78, 5) is 14.4. The van der Waals surface area contributed by atoms with Gasteiger partial charge in [0.15, 0.2) is 0 Å². The minimum Gasteiger partial charge on any atom is -0.371 e. The van der Waals surface area contributed by atoms with Crippen LogP contribution in [0.15, 0.2) is 30.3 Å². The molecule has 2 atom stereocenters. The first kappa shape index (κ1) is 15.0. The Balaban J connectivity index is 2.03. The lowest BCUT2D eigenvalue weighted by molar-refractivity contribution is -0.152. The van der Waals surface area contributed by atoms with Crippen LogP contribution in [0.25, 0.3) is 0 Å². The third kappa shape index (κ3) is 3.83. The van der Waals surface area contributed by atoms with Gasteiger partial charge in [-0.15, -0.1) is 0 Å². The molecule has 0 aromatic heterocycles. The van der Waals surface area contributed by atoms with Crippen LogP contribution in [0.2, 0.25) is 0 Å². The monoisotopic (exact) mass is 275 g/mol. The summed E-state index contributed by atoms with van der Waals surface area (Å²) < 4.78 is 5.99. The number of amides is 1. The molecular weight excluding hydrogens is 250 g/mol. The first-order valence-electron chi connectivity index (χ1n) is 7.35. The first-order chi connectivity index (χ1) is 9.36. The molecule has 2 unspecified atom stereocenters. The average Bonchev–Trinajstić information content (AvgIpc) is 2.37. The number of hydrogen-bond donors (Lipinski definition) is 0. The van der Waals surface area contributed by atoms with E-state index in [0.29, 0.717) is 13.1 Å². The molecule has 0 bridgehead atoms. The predicted octanol–water partition coefficient (Wildman–Crippen LogP) is 2.89. The Kier molecular flexibility index (Phi) is 4.48. The second-order valence-corrected chi connectivity index (χ2v) is 6.72. The van der Waals surface area contributed by atoms with Crippen molar-refractivity contribution in [2.45, 2.75) is 46.3 Å². The fourth-order valence-electron chi connectivity index (χ4n) is 2.68. The predicted molar refractivity (Wildman–Crippen MR) is 80.5 cm³/mol. The third-order valence-electron chi connectivity index (χ3n) is 3.56. The number of morpholine rings is 1. The second-order valence-electron chi connectivity index (χ2n) is 6.72. The Bertz CT molecular complexity index is 450. The van der Waals surface area contributed by atoms with Crippen LogP contribution >= 0.6 is 0 Å². The lowest BCUT2D eigenvalue weighted by Crippen LogP contribution is -2.52. The molecule has 1 heterocycles. The van der Waals surface area contributed by atoms with Crippen molar-refractivity contribution in [3.8, 4) is 0 Å². The van der Waals surface area contributed by atoms with Crippen LogP contribution in [-0.2, 0) is 16.0 Å². The molecular formula is C17H25NO2. The number of carbonyl (C=O) groups is 1. The fourth-order valence-corrected chi connectivity index (χ4v) is 2.68. The van der Waals surface area contributed by atoms with Gasteiger partial charge in [-0.25, -0.2) is 0 Å². The molecule has 0 saturated carbocycles. The molecule has 0 N–H and O–H groups in total. The van der Waals surface area contributed by atoms with Crippen LogP contribution in [0.1, 0.15) is 33.3 Å². The maximum absolute atomic E-state index is 12.4. The van der Waals surface area contributed by atoms with E-state index in [1.165, 1.54) is 5.56 Å². The summed E-state index contributed by atoms with van der Waals surface area (Å²) >= 11 is 0. The molecule has 1 aromatic carbocycles. The number of hydrogen-bond acceptors (Lipinski definition) is 2. The molecule has 1 saturated heterocycles. The quantitative estimate of drug-likeness (QED) is 0.830. The highest BCUT2D eigenvalue weighted by Gasteiger charge is 2.33. The van der Waals surface area contributed by atoms with Crippen molar-refractivity contribution in [1.82, 2.24) is 4.90 Å². The van der Waals surface area contributed by atoms with Gasteiger partial charge < -0.3 is 9.64 Å². The van der Waals surface area contributed by atoms with Gasteiger partial charge in [-0.2, -0.15) is 0 Å². The van der Waals surface area contributed by atoms with Crippen LogP contribution in [-0.4, -0.2) is 36.1 Å². The van der Waals surface area contributed by atoms with Crippen molar-refractivity contribution in [3.63, 3.8) is 0 Å². The molecule has 3 heteroatoms. The fraction of sp³-hybridized carbons (Fsp3) is 0.588. The lowest BCUT2D eigenvalue weighted by Gasteiger charge is -2.39. The Morgan fingerprint density at radius 1 is 1.25 bits per heavy atom. The Hall–Kier alpha value is -1.35. The van der Waals surface area contributed by atoms with Crippen molar-refractivity contribution >= 4 is 5.91 Å². The number of rotatable bonds is 2. The summed E-state index contributed by atoms with van der Waals surface area (Å²) in [5.74, 6) is 0.214. The molecule has 2 rings (SSSR count). The van der Waals surface area contributed by atoms with Gasteiger partial charge in [0.05, 0.1) is 12.2 Å². The lowest BCUT2D eigenvalue weighted by atomic mass is 9.93. The van der Waals surface area contributed by atoms with E-state index in [9.17, 15) is 4.79 Å². The van der Waals surface area contributed by atoms with Gasteiger partial charge in [0.25, 0.3) is 0 Å². The molecule has 1 aliphatic rings. The van der Waals surface area contributed by atoms with Crippen LogP contribution in [0.4, 0.5) is 0 Å². The average molecular weight is 275 g/mol. The summed E-state index contributed by atoms with van der Waals surface area (Å²) in [5, 5.41) is 0. The summed E-state index contributed by atoms with van der Waals surface area (Å²) in [6, 6.07) is 10.3. The van der Waals surface area contributed by atoms with Crippen molar-refractivity contribution < 1.29 is 9.53 Å². The van der Waals surface area contributed by atoms with E-state index >= 15 is 0 Å². The molecule has 1 fully saturated rings. The zero-order valence-electron chi connectivity index (χ0n) is 12.9. The number of carbonyl (C=O) groups excluding carboxylic acids is 1. The first-order valence-corrected chi connectivity index (χ1v) is 7.35. The topological polar surface area (TPSA) is 29.5 Å². The maximum Gasteiger partial charge on any atom is 0.228 e. The highest BCUT2D eigenvalue weighted by Crippen LogP contribution is 2.22. The van der Waals surface area contributed by atoms with Gasteiger partial charge in [-0.05, 0) is 12.5 Å². The minimum atomic E-state index is -0.325. The molecule has 1 amide bonds. The highest BCUT2D eigenvalue weighted by atomic mass is 16.5. The normalized spacial score (nSPS) is 23.7. The number of nitrogens with zero attached hydrogens (tertiary/aromatic N) is 1. The van der Waals surface area contributed by atoms with Crippen molar-refractivity contribution in [3.05, 3.63) is 35.9 Å². The van der Waals surface area contributed by atoms with E-state index in [1.54, 1.807) is 0 Å². The van der Waals surface area contributed by atoms with Gasteiger partial charge in [0.1, 0.15) is 0 Å². The van der Waals surface area contributed by atoms with E-state index in [-0.39, 0.29) is 23.5 Å². The molecule has 20 heavy (non-hydrogen) atoms. The summed E-state index contributed by atoms with van der Waals surface area (Å²) in [5.41, 5.74) is 0.934. The molecule has 0 spiro atoms. The Labute approximate surface area is 121 Å². The van der Waals surface area contributed by atoms with E-state index < -0.39 is 0 Å². The number of ether oxygens (including phenoxy) is 1. The zero-order valence-corrected chi connectivity index (χ0v) is 12.9. The molecule has 110 valence electrons. The summed E-state index contributed by atoms with van der Waals surface area (Å²) in [6.07, 6.45) is 1.05. The van der Waals surface area contributed by atoms with E-state index in [4.69, 9.17) is 4.74 Å². The SMILES string of the molecule is CC1CN(C(=O)C(C)(C)C)CC(Cc2ccccc2)O1. The van der Waals surface area contributed by atoms with Gasteiger partial charge in [-0.3, -0.25) is 4.79 Å². The third-order valence-corrected chi connectivity index (χ3v) is 3.56. The van der Waals surface area contributed by atoms with Crippen molar-refractivity contribution in [2.75, 3.05) is 13.1 Å². The van der Waals surface area contributed by atoms with Crippen molar-refractivity contribution in [2.24, 2.45) is 5.41 Å². The van der Waals surface area contributed by atoms with Crippen molar-refractivity contribution in [1.29, 1.82) is 0 Å². The molecule has 1 aromatic rings. The Morgan fingerprint density at radius 3 is 2.50 bits per heavy atom. The molecule has 0 aliphatic carbocycles. The standard InChI is InChI=1S/C17H25NO2/c1-13-11-18(16(19)17(2,3)4)12-15(20-13)10-14-8-6-5-7-9-14/h5-9,13,15H,10-12H2,1-4H3. The number of benzene rings is 1. The summed E-state index contributed by atoms with van der Waals surface area (Å²) in [7, 11) is 0. The summed E-state index contributed by atoms with van der Waals surface area (Å²) in [6.45, 7) is 9.35. The van der Waals surface area contributed by atoms with Gasteiger partial charge in [0.2, 0.25) is 5.91 Å². The highest BCUT2D eigenvalue weighted by molar-refractivity contribution is 5.81. The van der Waals surface area contributed by atoms with E-state index in [2.05, 4.69) is 12.1 Å². The largest absolute Gasteiger partial charge is 0.371 e. The smallest absolute Gasteiger partial charge is 0.228 e. The molecule has 1 aliphatic heterocycles. The molecule has 0 radical (unpaired) electrons. The van der Waals surface area contributed by atoms with E-state index in [1.807, 2.05) is 50.8 Å². The minimum absolute atomic E-state index is 0.0902.